The molecule has 254 valence electrons. The average molecular weight is 686 g/mol. The van der Waals surface area contributed by atoms with Crippen molar-refractivity contribution in [1.82, 2.24) is 0 Å². The molecule has 2 aromatic carbocycles. The van der Waals surface area contributed by atoms with Gasteiger partial charge < -0.3 is 54.0 Å². The molecule has 0 aromatic heterocycles. The van der Waals surface area contributed by atoms with E-state index in [1.165, 1.54) is 13.8 Å². The number of aliphatic imine (C=N–C) groups is 4. The Morgan fingerprint density at radius 3 is 1.20 bits per heavy atom. The number of carboxylic acid groups (broad SMARTS) is 2. The molecule has 46 heavy (non-hydrogen) atoms. The average Bonchev–Trinajstić information content (AvgIpc) is 2.97. The van der Waals surface area contributed by atoms with E-state index in [9.17, 15) is 9.59 Å². The lowest BCUT2D eigenvalue weighted by Gasteiger charge is -2.05. The number of aliphatic hydroxyl groups excluding tert-OH is 2. The highest BCUT2D eigenvalue weighted by Gasteiger charge is 2.02. The number of anilines is 2. The Balaban J connectivity index is 0.00000142. The Bertz CT molecular complexity index is 1220. The highest BCUT2D eigenvalue weighted by Crippen LogP contribution is 2.13. The Morgan fingerprint density at radius 2 is 0.935 bits per heavy atom. The van der Waals surface area contributed by atoms with Crippen molar-refractivity contribution in [2.24, 2.45) is 42.9 Å². The molecule has 0 aliphatic carbocycles. The van der Waals surface area contributed by atoms with E-state index in [1.54, 1.807) is 48.5 Å². The monoisotopic (exact) mass is 684 g/mol. The van der Waals surface area contributed by atoms with Crippen molar-refractivity contribution < 1.29 is 30.0 Å². The molecule has 0 saturated carbocycles. The van der Waals surface area contributed by atoms with Crippen molar-refractivity contribution in [2.75, 3.05) is 23.7 Å². The van der Waals surface area contributed by atoms with Crippen LogP contribution in [-0.4, -0.2) is 81.5 Å². The number of unbranched alkanes of at least 4 members (excludes halogenated alkanes) is 3. The third kappa shape index (κ3) is 22.8. The molecule has 0 heterocycles. The highest BCUT2D eigenvalue weighted by molar-refractivity contribution is 6.31. The fourth-order valence-corrected chi connectivity index (χ4v) is 2.95. The number of rotatable bonds is 11. The number of hydrogen-bond donors (Lipinski definition) is 10. The molecule has 0 amide bonds. The topological polar surface area (TPSA) is 293 Å². The quantitative estimate of drug-likeness (QED) is 0.0926. The molecule has 0 aliphatic heterocycles. The standard InChI is InChI=1S/C22H30Cl2N10.2C3H6O3/c23-15-5-9-17(10-6-15)31-21(27)33-19(25)29-13-3-1-2-4-14-30-20(26)34-22(28)32-18-11-7-16(24)8-12-18;2*1-2(4)3(5)6/h5-12H,1-4,13-14H2,(H5,25,27,29,31,33)(H5,26,28,30,32,34);2*2,4H,1H3,(H,5,6). The SMILES string of the molecule is CC(O)C(=O)O.CC(O)C(=O)O.NC(=NCCCCCCN=C(N)/N=C(\N)Nc1ccc(Cl)cc1)/N=C(\N)Nc1ccc(Cl)cc1. The Labute approximate surface area is 276 Å². The number of nitrogens with two attached hydrogens (primary N) is 4. The van der Waals surface area contributed by atoms with Crippen LogP contribution in [0.5, 0.6) is 0 Å². The molecule has 2 aromatic rings. The summed E-state index contributed by atoms with van der Waals surface area (Å²) in [4.78, 5) is 35.4. The second kappa shape index (κ2) is 23.7. The second-order valence-electron chi connectivity index (χ2n) is 9.18. The first kappa shape index (κ1) is 41.4. The molecule has 0 fully saturated rings. The summed E-state index contributed by atoms with van der Waals surface area (Å²) < 4.78 is 0. The first-order valence-electron chi connectivity index (χ1n) is 13.8. The van der Waals surface area contributed by atoms with Gasteiger partial charge >= 0.3 is 11.9 Å². The molecule has 16 nitrogen and oxygen atoms in total. The third-order valence-corrected chi connectivity index (χ3v) is 5.54. The van der Waals surface area contributed by atoms with Crippen LogP contribution in [0.4, 0.5) is 11.4 Å². The van der Waals surface area contributed by atoms with E-state index in [4.69, 9.17) is 66.6 Å². The van der Waals surface area contributed by atoms with Gasteiger partial charge in [0.05, 0.1) is 0 Å². The summed E-state index contributed by atoms with van der Waals surface area (Å²) in [6.45, 7) is 3.52. The fraction of sp³-hybridized carbons (Fsp3) is 0.357. The van der Waals surface area contributed by atoms with Crippen molar-refractivity contribution in [1.29, 1.82) is 0 Å². The van der Waals surface area contributed by atoms with Gasteiger partial charge in [-0.3, -0.25) is 9.98 Å². The number of carbonyl (C=O) groups is 2. The number of carboxylic acids is 2. The van der Waals surface area contributed by atoms with E-state index in [0.29, 0.717) is 23.1 Å². The number of aliphatic carboxylic acids is 2. The van der Waals surface area contributed by atoms with Crippen molar-refractivity contribution in [3.05, 3.63) is 58.6 Å². The molecule has 0 bridgehead atoms. The zero-order valence-electron chi connectivity index (χ0n) is 25.5. The first-order chi connectivity index (χ1) is 21.6. The van der Waals surface area contributed by atoms with Crippen LogP contribution in [0.15, 0.2) is 68.5 Å². The number of benzene rings is 2. The molecule has 18 heteroatoms. The van der Waals surface area contributed by atoms with Gasteiger partial charge in [-0.1, -0.05) is 36.0 Å². The van der Waals surface area contributed by atoms with Gasteiger partial charge in [0.2, 0.25) is 23.8 Å². The maximum Gasteiger partial charge on any atom is 0.332 e. The summed E-state index contributed by atoms with van der Waals surface area (Å²) in [6, 6.07) is 14.1. The zero-order chi connectivity index (χ0) is 35.1. The number of hydrogen-bond acceptors (Lipinski definition) is 6. The second-order valence-corrected chi connectivity index (χ2v) is 10.1. The predicted octanol–water partition coefficient (Wildman–Crippen LogP) is 2.24. The summed E-state index contributed by atoms with van der Waals surface area (Å²) in [6.07, 6.45) is 1.22. The number of aliphatic hydroxyl groups is 2. The van der Waals surface area contributed by atoms with Crippen LogP contribution in [0.2, 0.25) is 10.0 Å². The molecular formula is C28H42Cl2N10O6. The Morgan fingerprint density at radius 1 is 0.652 bits per heavy atom. The van der Waals surface area contributed by atoms with Crippen LogP contribution in [0.25, 0.3) is 0 Å². The van der Waals surface area contributed by atoms with Crippen LogP contribution < -0.4 is 33.6 Å². The van der Waals surface area contributed by atoms with E-state index in [-0.39, 0.29) is 23.8 Å². The summed E-state index contributed by atoms with van der Waals surface area (Å²) in [5, 5.41) is 38.7. The lowest BCUT2D eigenvalue weighted by atomic mass is 10.2. The zero-order valence-corrected chi connectivity index (χ0v) is 27.0. The number of guanidine groups is 4. The van der Waals surface area contributed by atoms with Gasteiger partial charge in [-0.2, -0.15) is 9.98 Å². The fourth-order valence-electron chi connectivity index (χ4n) is 2.70. The highest BCUT2D eigenvalue weighted by atomic mass is 35.5. The van der Waals surface area contributed by atoms with E-state index < -0.39 is 24.1 Å². The van der Waals surface area contributed by atoms with Crippen LogP contribution >= 0.6 is 23.2 Å². The summed E-state index contributed by atoms with van der Waals surface area (Å²) >= 11 is 11.7. The largest absolute Gasteiger partial charge is 0.479 e. The molecule has 14 N–H and O–H groups in total. The van der Waals surface area contributed by atoms with Gasteiger partial charge in [0.1, 0.15) is 12.2 Å². The van der Waals surface area contributed by atoms with E-state index >= 15 is 0 Å². The van der Waals surface area contributed by atoms with Crippen molar-refractivity contribution in [3.8, 4) is 0 Å². The number of nitrogens with zero attached hydrogens (tertiary/aromatic N) is 4. The summed E-state index contributed by atoms with van der Waals surface area (Å²) in [7, 11) is 0. The van der Waals surface area contributed by atoms with Crippen molar-refractivity contribution in [3.63, 3.8) is 0 Å². The number of halogens is 2. The lowest BCUT2D eigenvalue weighted by molar-refractivity contribution is -0.146. The molecule has 0 saturated heterocycles. The van der Waals surface area contributed by atoms with Gasteiger partial charge in [0, 0.05) is 34.5 Å². The third-order valence-electron chi connectivity index (χ3n) is 5.03. The van der Waals surface area contributed by atoms with Crippen LogP contribution in [0.3, 0.4) is 0 Å². The first-order valence-corrected chi connectivity index (χ1v) is 14.5. The molecule has 0 radical (unpaired) electrons. The number of nitrogens with one attached hydrogen (secondary N) is 2. The molecule has 2 unspecified atom stereocenters. The lowest BCUT2D eigenvalue weighted by Crippen LogP contribution is -2.26. The van der Waals surface area contributed by atoms with E-state index in [2.05, 4.69) is 30.6 Å². The predicted molar refractivity (Wildman–Crippen MR) is 183 cm³/mol. The molecular weight excluding hydrogens is 643 g/mol. The molecule has 2 rings (SSSR count). The minimum atomic E-state index is -1.23. The van der Waals surface area contributed by atoms with Gasteiger partial charge in [-0.05, 0) is 75.2 Å². The minimum Gasteiger partial charge on any atom is -0.479 e. The van der Waals surface area contributed by atoms with Crippen LogP contribution in [0, 0.1) is 0 Å². The van der Waals surface area contributed by atoms with Crippen molar-refractivity contribution >= 4 is 70.4 Å². The van der Waals surface area contributed by atoms with Gasteiger partial charge in [-0.15, -0.1) is 0 Å². The van der Waals surface area contributed by atoms with Gasteiger partial charge in [0.15, 0.2) is 0 Å². The normalized spacial score (nSPS) is 13.3. The van der Waals surface area contributed by atoms with E-state index in [0.717, 1.165) is 37.1 Å². The van der Waals surface area contributed by atoms with E-state index in [1.807, 2.05) is 0 Å². The summed E-state index contributed by atoms with van der Waals surface area (Å²) in [5.41, 5.74) is 24.8. The molecule has 0 aliphatic rings. The summed E-state index contributed by atoms with van der Waals surface area (Å²) in [5.74, 6) is -1.81. The minimum absolute atomic E-state index is 0.124. The maximum absolute atomic E-state index is 9.45. The van der Waals surface area contributed by atoms with Crippen LogP contribution in [-0.2, 0) is 9.59 Å². The maximum atomic E-state index is 9.45. The van der Waals surface area contributed by atoms with Crippen LogP contribution in [0.1, 0.15) is 39.5 Å². The molecule has 0 spiro atoms. The smallest absolute Gasteiger partial charge is 0.332 e. The molecule has 2 atom stereocenters. The Kier molecular flexibility index (Phi) is 21.3. The van der Waals surface area contributed by atoms with Crippen molar-refractivity contribution in [2.45, 2.75) is 51.7 Å². The van der Waals surface area contributed by atoms with Gasteiger partial charge in [-0.25, -0.2) is 9.59 Å². The Hall–Kier alpha value is -4.64. The van der Waals surface area contributed by atoms with Gasteiger partial charge in [0.25, 0.3) is 0 Å².